The Morgan fingerprint density at radius 2 is 2.05 bits per heavy atom. The predicted octanol–water partition coefficient (Wildman–Crippen LogP) is 2.65. The second-order valence-corrected chi connectivity index (χ2v) is 6.28. The third-order valence-corrected chi connectivity index (χ3v) is 4.64. The average Bonchev–Trinajstić information content (AvgIpc) is 2.92. The molecule has 0 aliphatic heterocycles. The van der Waals surface area contributed by atoms with E-state index in [0.717, 1.165) is 10.4 Å². The quantitative estimate of drug-likeness (QED) is 0.797. The topological polar surface area (TPSA) is 78.0 Å². The SMILES string of the molecule is NC(=O)CCn1cnc2cc(-c3ccc(Cl)cc3)sc2c1=O. The first kappa shape index (κ1) is 14.7. The van der Waals surface area contributed by atoms with Gasteiger partial charge in [0.25, 0.3) is 5.56 Å². The summed E-state index contributed by atoms with van der Waals surface area (Å²) in [6.07, 6.45) is 1.56. The molecule has 0 saturated carbocycles. The van der Waals surface area contributed by atoms with Gasteiger partial charge in [0.15, 0.2) is 0 Å². The number of hydrogen-bond donors (Lipinski definition) is 1. The molecule has 0 aliphatic rings. The van der Waals surface area contributed by atoms with Crippen LogP contribution in [0.25, 0.3) is 20.7 Å². The molecule has 1 amide bonds. The maximum absolute atomic E-state index is 12.4. The number of amides is 1. The summed E-state index contributed by atoms with van der Waals surface area (Å²) in [5, 5.41) is 0.664. The van der Waals surface area contributed by atoms with E-state index < -0.39 is 5.91 Å². The van der Waals surface area contributed by atoms with Gasteiger partial charge in [-0.25, -0.2) is 4.98 Å². The minimum absolute atomic E-state index is 0.114. The van der Waals surface area contributed by atoms with Crippen LogP contribution in [0.5, 0.6) is 0 Å². The highest BCUT2D eigenvalue weighted by Crippen LogP contribution is 2.31. The van der Waals surface area contributed by atoms with Crippen LogP contribution in [0.2, 0.25) is 5.02 Å². The van der Waals surface area contributed by atoms with E-state index in [-0.39, 0.29) is 18.5 Å². The van der Waals surface area contributed by atoms with Gasteiger partial charge in [-0.2, -0.15) is 0 Å². The van der Waals surface area contributed by atoms with Crippen LogP contribution < -0.4 is 11.3 Å². The summed E-state index contributed by atoms with van der Waals surface area (Å²) in [4.78, 5) is 28.5. The molecule has 112 valence electrons. The molecule has 0 atom stereocenters. The second-order valence-electron chi connectivity index (χ2n) is 4.79. The molecule has 22 heavy (non-hydrogen) atoms. The van der Waals surface area contributed by atoms with E-state index in [1.54, 1.807) is 12.1 Å². The third-order valence-electron chi connectivity index (χ3n) is 3.23. The van der Waals surface area contributed by atoms with Gasteiger partial charge >= 0.3 is 0 Å². The Labute approximate surface area is 135 Å². The number of thiophene rings is 1. The Morgan fingerprint density at radius 1 is 1.32 bits per heavy atom. The Balaban J connectivity index is 2.02. The van der Waals surface area contributed by atoms with Gasteiger partial charge in [0, 0.05) is 22.9 Å². The van der Waals surface area contributed by atoms with Gasteiger partial charge in [0.05, 0.1) is 11.8 Å². The molecular formula is C15H12ClN3O2S. The van der Waals surface area contributed by atoms with Crippen molar-refractivity contribution in [3.8, 4) is 10.4 Å². The van der Waals surface area contributed by atoms with Crippen molar-refractivity contribution in [2.75, 3.05) is 0 Å². The highest BCUT2D eigenvalue weighted by Gasteiger charge is 2.11. The van der Waals surface area contributed by atoms with Crippen molar-refractivity contribution in [2.24, 2.45) is 5.73 Å². The molecule has 3 aromatic rings. The maximum Gasteiger partial charge on any atom is 0.271 e. The van der Waals surface area contributed by atoms with Crippen LogP contribution >= 0.6 is 22.9 Å². The highest BCUT2D eigenvalue weighted by molar-refractivity contribution is 7.22. The normalized spacial score (nSPS) is 11.0. The molecule has 0 radical (unpaired) electrons. The molecule has 2 aromatic heterocycles. The monoisotopic (exact) mass is 333 g/mol. The summed E-state index contributed by atoms with van der Waals surface area (Å²) in [5.41, 5.74) is 6.59. The molecule has 2 N–H and O–H groups in total. The summed E-state index contributed by atoms with van der Waals surface area (Å²) in [5.74, 6) is -0.444. The van der Waals surface area contributed by atoms with E-state index >= 15 is 0 Å². The van der Waals surface area contributed by atoms with Crippen LogP contribution in [0, 0.1) is 0 Å². The standard InChI is InChI=1S/C15H12ClN3O2S/c16-10-3-1-9(2-4-10)12-7-11-14(22-12)15(21)19(8-18-11)6-5-13(17)20/h1-4,7-8H,5-6H2,(H2,17,20). The molecule has 0 bridgehead atoms. The highest BCUT2D eigenvalue weighted by atomic mass is 35.5. The van der Waals surface area contributed by atoms with Crippen molar-refractivity contribution in [1.82, 2.24) is 9.55 Å². The molecular weight excluding hydrogens is 322 g/mol. The summed E-state index contributed by atoms with van der Waals surface area (Å²) in [7, 11) is 0. The fourth-order valence-corrected chi connectivity index (χ4v) is 3.28. The number of carbonyl (C=O) groups excluding carboxylic acids is 1. The first-order chi connectivity index (χ1) is 10.5. The van der Waals surface area contributed by atoms with E-state index in [4.69, 9.17) is 17.3 Å². The van der Waals surface area contributed by atoms with Gasteiger partial charge in [-0.05, 0) is 23.8 Å². The van der Waals surface area contributed by atoms with Crippen molar-refractivity contribution in [1.29, 1.82) is 0 Å². The number of fused-ring (bicyclic) bond motifs is 1. The van der Waals surface area contributed by atoms with Crippen molar-refractivity contribution >= 4 is 39.1 Å². The van der Waals surface area contributed by atoms with Gasteiger partial charge in [0.2, 0.25) is 5.91 Å². The van der Waals surface area contributed by atoms with Gasteiger partial charge in [-0.3, -0.25) is 14.2 Å². The van der Waals surface area contributed by atoms with Crippen LogP contribution in [0.1, 0.15) is 6.42 Å². The Kier molecular flexibility index (Phi) is 3.96. The molecule has 0 spiro atoms. The lowest BCUT2D eigenvalue weighted by Gasteiger charge is -2.02. The zero-order valence-corrected chi connectivity index (χ0v) is 13.0. The number of rotatable bonds is 4. The first-order valence-corrected chi connectivity index (χ1v) is 7.77. The number of primary amides is 1. The molecule has 0 aliphatic carbocycles. The fourth-order valence-electron chi connectivity index (χ4n) is 2.09. The van der Waals surface area contributed by atoms with Crippen LogP contribution in [0.4, 0.5) is 0 Å². The first-order valence-electron chi connectivity index (χ1n) is 6.58. The van der Waals surface area contributed by atoms with Gasteiger partial charge in [0.1, 0.15) is 4.70 Å². The maximum atomic E-state index is 12.4. The number of nitrogens with two attached hydrogens (primary N) is 1. The summed E-state index contributed by atoms with van der Waals surface area (Å²) < 4.78 is 1.98. The molecule has 0 unspecified atom stereocenters. The van der Waals surface area contributed by atoms with Crippen molar-refractivity contribution < 1.29 is 4.79 Å². The summed E-state index contributed by atoms with van der Waals surface area (Å²) in [6.45, 7) is 0.241. The number of benzene rings is 1. The minimum Gasteiger partial charge on any atom is -0.370 e. The van der Waals surface area contributed by atoms with Crippen LogP contribution in [-0.4, -0.2) is 15.5 Å². The van der Waals surface area contributed by atoms with E-state index in [1.807, 2.05) is 18.2 Å². The van der Waals surface area contributed by atoms with Gasteiger partial charge in [-0.15, -0.1) is 11.3 Å². The van der Waals surface area contributed by atoms with Crippen molar-refractivity contribution in [3.63, 3.8) is 0 Å². The number of aryl methyl sites for hydroxylation is 1. The average molecular weight is 334 g/mol. The summed E-state index contributed by atoms with van der Waals surface area (Å²) in [6, 6.07) is 9.29. The molecule has 5 nitrogen and oxygen atoms in total. The molecule has 0 fully saturated rings. The van der Waals surface area contributed by atoms with Crippen LogP contribution in [0.3, 0.4) is 0 Å². The predicted molar refractivity (Wildman–Crippen MR) is 88.1 cm³/mol. The van der Waals surface area contributed by atoms with Crippen LogP contribution in [0.15, 0.2) is 41.5 Å². The number of hydrogen-bond acceptors (Lipinski definition) is 4. The Hall–Kier alpha value is -2.18. The molecule has 2 heterocycles. The van der Waals surface area contributed by atoms with Crippen LogP contribution in [-0.2, 0) is 11.3 Å². The zero-order valence-electron chi connectivity index (χ0n) is 11.5. The molecule has 1 aromatic carbocycles. The zero-order chi connectivity index (χ0) is 15.7. The van der Waals surface area contributed by atoms with E-state index in [1.165, 1.54) is 22.2 Å². The lowest BCUT2D eigenvalue weighted by atomic mass is 10.2. The second kappa shape index (κ2) is 5.90. The Bertz CT molecular complexity index is 899. The third kappa shape index (κ3) is 2.88. The van der Waals surface area contributed by atoms with Crippen molar-refractivity contribution in [2.45, 2.75) is 13.0 Å². The fraction of sp³-hybridized carbons (Fsp3) is 0.133. The van der Waals surface area contributed by atoms with E-state index in [0.29, 0.717) is 15.2 Å². The van der Waals surface area contributed by atoms with E-state index in [9.17, 15) is 9.59 Å². The smallest absolute Gasteiger partial charge is 0.271 e. The molecule has 7 heteroatoms. The molecule has 0 saturated heterocycles. The van der Waals surface area contributed by atoms with Gasteiger partial charge in [-0.1, -0.05) is 23.7 Å². The largest absolute Gasteiger partial charge is 0.370 e. The number of halogens is 1. The Morgan fingerprint density at radius 3 is 2.73 bits per heavy atom. The number of carbonyl (C=O) groups is 1. The van der Waals surface area contributed by atoms with E-state index in [2.05, 4.69) is 4.98 Å². The number of aromatic nitrogens is 2. The lowest BCUT2D eigenvalue weighted by molar-refractivity contribution is -0.118. The number of nitrogens with zero attached hydrogens (tertiary/aromatic N) is 2. The lowest BCUT2D eigenvalue weighted by Crippen LogP contribution is -2.23. The van der Waals surface area contributed by atoms with Crippen molar-refractivity contribution in [3.05, 3.63) is 52.0 Å². The summed E-state index contributed by atoms with van der Waals surface area (Å²) >= 11 is 7.26. The molecule has 3 rings (SSSR count). The van der Waals surface area contributed by atoms with Gasteiger partial charge < -0.3 is 5.73 Å². The minimum atomic E-state index is -0.444.